The number of rotatable bonds is 4. The second kappa shape index (κ2) is 5.08. The first-order valence-electron chi connectivity index (χ1n) is 4.10. The van der Waals surface area contributed by atoms with E-state index in [9.17, 15) is 9.59 Å². The van der Waals surface area contributed by atoms with Crippen molar-refractivity contribution < 1.29 is 14.8 Å². The molecule has 0 radical (unpaired) electrons. The van der Waals surface area contributed by atoms with Gasteiger partial charge in [0.25, 0.3) is 0 Å². The van der Waals surface area contributed by atoms with Crippen molar-refractivity contribution in [2.45, 2.75) is 12.8 Å². The third-order valence-electron chi connectivity index (χ3n) is 1.71. The number of nitrogens with one attached hydrogen (secondary N) is 1. The van der Waals surface area contributed by atoms with Crippen molar-refractivity contribution in [3.8, 4) is 0 Å². The summed E-state index contributed by atoms with van der Waals surface area (Å²) in [6.07, 6.45) is 3.09. The highest BCUT2D eigenvalue weighted by Crippen LogP contribution is 2.03. The first-order chi connectivity index (χ1) is 6.74. The van der Waals surface area contributed by atoms with E-state index in [4.69, 9.17) is 5.21 Å². The standard InChI is InChI=1S/C9H10N2O3/c12-8(1-2-9(13)11-14)7-3-5-10-6-4-7/h3-6,14H,1-2H2,(H,11,13). The normalized spacial score (nSPS) is 9.50. The van der Waals surface area contributed by atoms with Gasteiger partial charge in [-0.2, -0.15) is 0 Å². The molecule has 0 saturated carbocycles. The first kappa shape index (κ1) is 10.3. The average molecular weight is 194 g/mol. The number of carbonyl (C=O) groups is 2. The molecule has 1 aromatic heterocycles. The largest absolute Gasteiger partial charge is 0.294 e. The fraction of sp³-hybridized carbons (Fsp3) is 0.222. The Balaban J connectivity index is 2.48. The number of ketones is 1. The summed E-state index contributed by atoms with van der Waals surface area (Å²) < 4.78 is 0. The molecule has 1 amide bonds. The highest BCUT2D eigenvalue weighted by atomic mass is 16.5. The monoisotopic (exact) mass is 194 g/mol. The van der Waals surface area contributed by atoms with Crippen LogP contribution in [0.2, 0.25) is 0 Å². The highest BCUT2D eigenvalue weighted by Gasteiger charge is 2.07. The Bertz CT molecular complexity index is 324. The van der Waals surface area contributed by atoms with Crippen LogP contribution in [0, 0.1) is 0 Å². The van der Waals surface area contributed by atoms with E-state index in [0.29, 0.717) is 5.56 Å². The Kier molecular flexibility index (Phi) is 3.75. The van der Waals surface area contributed by atoms with Gasteiger partial charge in [-0.25, -0.2) is 5.48 Å². The van der Waals surface area contributed by atoms with Crippen LogP contribution in [0.5, 0.6) is 0 Å². The van der Waals surface area contributed by atoms with Crippen LogP contribution in [-0.2, 0) is 4.79 Å². The van der Waals surface area contributed by atoms with Gasteiger partial charge in [-0.05, 0) is 12.1 Å². The van der Waals surface area contributed by atoms with Gasteiger partial charge in [0.1, 0.15) is 0 Å². The molecule has 1 heterocycles. The zero-order valence-corrected chi connectivity index (χ0v) is 7.43. The van der Waals surface area contributed by atoms with Crippen molar-refractivity contribution in [2.75, 3.05) is 0 Å². The molecule has 74 valence electrons. The number of amides is 1. The summed E-state index contributed by atoms with van der Waals surface area (Å²) >= 11 is 0. The molecule has 0 bridgehead atoms. The minimum atomic E-state index is -0.563. The van der Waals surface area contributed by atoms with Crippen molar-refractivity contribution in [1.29, 1.82) is 0 Å². The number of pyridine rings is 1. The lowest BCUT2D eigenvalue weighted by Gasteiger charge is -1.99. The molecule has 0 spiro atoms. The van der Waals surface area contributed by atoms with E-state index in [0.717, 1.165) is 0 Å². The van der Waals surface area contributed by atoms with Gasteiger partial charge in [-0.15, -0.1) is 0 Å². The van der Waals surface area contributed by atoms with Gasteiger partial charge >= 0.3 is 0 Å². The topological polar surface area (TPSA) is 79.3 Å². The molecular formula is C9H10N2O3. The fourth-order valence-electron chi connectivity index (χ4n) is 0.965. The lowest BCUT2D eigenvalue weighted by molar-refractivity contribution is -0.129. The van der Waals surface area contributed by atoms with Crippen LogP contribution in [0.1, 0.15) is 23.2 Å². The molecule has 5 nitrogen and oxygen atoms in total. The average Bonchev–Trinajstić information content (AvgIpc) is 2.26. The van der Waals surface area contributed by atoms with E-state index in [2.05, 4.69) is 4.98 Å². The summed E-state index contributed by atoms with van der Waals surface area (Å²) in [5.74, 6) is -0.705. The predicted octanol–water partition coefficient (Wildman–Crippen LogP) is 0.550. The molecule has 0 atom stereocenters. The molecule has 0 unspecified atom stereocenters. The molecule has 0 saturated heterocycles. The van der Waals surface area contributed by atoms with Gasteiger partial charge in [0, 0.05) is 30.8 Å². The van der Waals surface area contributed by atoms with Crippen molar-refractivity contribution in [3.05, 3.63) is 30.1 Å². The summed E-state index contributed by atoms with van der Waals surface area (Å²) in [4.78, 5) is 25.8. The molecule has 0 aliphatic carbocycles. The van der Waals surface area contributed by atoms with E-state index in [-0.39, 0.29) is 18.6 Å². The number of carbonyl (C=O) groups excluding carboxylic acids is 2. The lowest BCUT2D eigenvalue weighted by atomic mass is 10.1. The van der Waals surface area contributed by atoms with E-state index in [1.54, 1.807) is 12.1 Å². The van der Waals surface area contributed by atoms with Crippen molar-refractivity contribution >= 4 is 11.7 Å². The van der Waals surface area contributed by atoms with Crippen LogP contribution in [0.25, 0.3) is 0 Å². The SMILES string of the molecule is O=C(CCC(=O)c1ccncc1)NO. The number of hydroxylamine groups is 1. The Morgan fingerprint density at radius 3 is 2.50 bits per heavy atom. The molecule has 1 aromatic rings. The third kappa shape index (κ3) is 2.95. The number of hydrogen-bond acceptors (Lipinski definition) is 4. The number of nitrogens with zero attached hydrogens (tertiary/aromatic N) is 1. The molecule has 5 heteroatoms. The second-order valence-electron chi connectivity index (χ2n) is 2.69. The molecule has 0 fully saturated rings. The van der Waals surface area contributed by atoms with Gasteiger partial charge in [0.05, 0.1) is 0 Å². The van der Waals surface area contributed by atoms with Crippen LogP contribution in [0.4, 0.5) is 0 Å². The second-order valence-corrected chi connectivity index (χ2v) is 2.69. The molecule has 0 aliphatic rings. The summed E-state index contributed by atoms with van der Waals surface area (Å²) in [5, 5.41) is 8.20. The molecule has 1 rings (SSSR count). The Hall–Kier alpha value is -1.75. The zero-order chi connectivity index (χ0) is 10.4. The zero-order valence-electron chi connectivity index (χ0n) is 7.43. The molecule has 0 aliphatic heterocycles. The number of aromatic nitrogens is 1. The van der Waals surface area contributed by atoms with E-state index < -0.39 is 5.91 Å². The van der Waals surface area contributed by atoms with Gasteiger partial charge in [0.2, 0.25) is 5.91 Å². The summed E-state index contributed by atoms with van der Waals surface area (Å²) in [7, 11) is 0. The molecule has 14 heavy (non-hydrogen) atoms. The van der Waals surface area contributed by atoms with Gasteiger partial charge in [0.15, 0.2) is 5.78 Å². The Morgan fingerprint density at radius 1 is 1.29 bits per heavy atom. The van der Waals surface area contributed by atoms with E-state index in [1.807, 2.05) is 0 Å². The lowest BCUT2D eigenvalue weighted by Crippen LogP contribution is -2.19. The van der Waals surface area contributed by atoms with Crippen LogP contribution >= 0.6 is 0 Å². The van der Waals surface area contributed by atoms with E-state index in [1.165, 1.54) is 17.9 Å². The molecular weight excluding hydrogens is 184 g/mol. The summed E-state index contributed by atoms with van der Waals surface area (Å²) in [6, 6.07) is 3.17. The van der Waals surface area contributed by atoms with Gasteiger partial charge in [-0.3, -0.25) is 19.8 Å². The quantitative estimate of drug-likeness (QED) is 0.416. The number of Topliss-reactive ketones (excluding diaryl/α,β-unsaturated/α-hetero) is 1. The van der Waals surface area contributed by atoms with E-state index >= 15 is 0 Å². The van der Waals surface area contributed by atoms with Crippen molar-refractivity contribution in [2.24, 2.45) is 0 Å². The summed E-state index contributed by atoms with van der Waals surface area (Å²) in [5.41, 5.74) is 1.99. The Morgan fingerprint density at radius 2 is 1.93 bits per heavy atom. The first-order valence-corrected chi connectivity index (χ1v) is 4.10. The Labute approximate surface area is 80.7 Å². The fourth-order valence-corrected chi connectivity index (χ4v) is 0.965. The van der Waals surface area contributed by atoms with Crippen molar-refractivity contribution in [1.82, 2.24) is 10.5 Å². The predicted molar refractivity (Wildman–Crippen MR) is 47.7 cm³/mol. The van der Waals surface area contributed by atoms with Crippen molar-refractivity contribution in [3.63, 3.8) is 0 Å². The minimum absolute atomic E-state index is 0.0162. The summed E-state index contributed by atoms with van der Waals surface area (Å²) in [6.45, 7) is 0. The maximum absolute atomic E-state index is 11.4. The third-order valence-corrected chi connectivity index (χ3v) is 1.71. The molecule has 2 N–H and O–H groups in total. The highest BCUT2D eigenvalue weighted by molar-refractivity contribution is 5.97. The van der Waals surface area contributed by atoms with Crippen LogP contribution in [-0.4, -0.2) is 21.9 Å². The maximum Gasteiger partial charge on any atom is 0.243 e. The smallest absolute Gasteiger partial charge is 0.243 e. The van der Waals surface area contributed by atoms with Gasteiger partial charge in [-0.1, -0.05) is 0 Å². The minimum Gasteiger partial charge on any atom is -0.294 e. The van der Waals surface area contributed by atoms with Crippen LogP contribution in [0.15, 0.2) is 24.5 Å². The van der Waals surface area contributed by atoms with Crippen LogP contribution in [0.3, 0.4) is 0 Å². The van der Waals surface area contributed by atoms with Gasteiger partial charge < -0.3 is 0 Å². The molecule has 0 aromatic carbocycles. The number of hydrogen-bond donors (Lipinski definition) is 2. The van der Waals surface area contributed by atoms with Crippen LogP contribution < -0.4 is 5.48 Å². The maximum atomic E-state index is 11.4.